The van der Waals surface area contributed by atoms with Crippen molar-refractivity contribution < 1.29 is 42.0 Å². The Bertz CT molecular complexity index is 1900. The summed E-state index contributed by atoms with van der Waals surface area (Å²) >= 11 is 0. The Labute approximate surface area is 279 Å². The quantitative estimate of drug-likeness (QED) is 0.222. The van der Waals surface area contributed by atoms with E-state index in [1.54, 1.807) is 45.0 Å². The Morgan fingerprint density at radius 2 is 1.59 bits per heavy atom. The first-order valence-corrected chi connectivity index (χ1v) is 15.1. The van der Waals surface area contributed by atoms with Crippen LogP contribution >= 0.6 is 0 Å². The third kappa shape index (κ3) is 9.98. The van der Waals surface area contributed by atoms with Crippen molar-refractivity contribution in [3.05, 3.63) is 81.9 Å². The number of anilines is 2. The van der Waals surface area contributed by atoms with E-state index < -0.39 is 53.3 Å². The number of aromatic amines is 2. The van der Waals surface area contributed by atoms with Gasteiger partial charge in [0, 0.05) is 17.7 Å². The van der Waals surface area contributed by atoms with Gasteiger partial charge in [0.25, 0.3) is 11.5 Å². The predicted molar refractivity (Wildman–Crippen MR) is 172 cm³/mol. The van der Waals surface area contributed by atoms with E-state index in [4.69, 9.17) is 15.2 Å². The van der Waals surface area contributed by atoms with Gasteiger partial charge in [-0.1, -0.05) is 12.1 Å². The lowest BCUT2D eigenvalue weighted by atomic mass is 10.0. The number of halogens is 3. The SMILES string of the molecule is CC(C)(C)OC(=O)[C@H](Cc1ccc(OC(C)(C)C)cc1)NC(=O)c1ccc(N(Cc2c[nH+]c3nc(N)[nH]c(=O)c3n2)C(=O)C(F)(F)F)cc1. The van der Waals surface area contributed by atoms with Crippen LogP contribution in [0.4, 0.5) is 24.8 Å². The number of rotatable bonds is 9. The highest BCUT2D eigenvalue weighted by molar-refractivity contribution is 5.99. The molecule has 49 heavy (non-hydrogen) atoms. The number of esters is 1. The summed E-state index contributed by atoms with van der Waals surface area (Å²) in [6.07, 6.45) is -4.00. The van der Waals surface area contributed by atoms with Crippen molar-refractivity contribution in [1.29, 1.82) is 0 Å². The van der Waals surface area contributed by atoms with Crippen molar-refractivity contribution in [2.45, 2.75) is 77.9 Å². The molecule has 1 atom stereocenters. The number of carbonyl (C=O) groups is 3. The first-order valence-electron chi connectivity index (χ1n) is 15.1. The molecule has 0 saturated carbocycles. The molecule has 2 heterocycles. The Morgan fingerprint density at radius 1 is 0.959 bits per heavy atom. The van der Waals surface area contributed by atoms with Crippen molar-refractivity contribution in [3.63, 3.8) is 0 Å². The van der Waals surface area contributed by atoms with E-state index >= 15 is 0 Å². The highest BCUT2D eigenvalue weighted by Crippen LogP contribution is 2.26. The molecule has 13 nitrogen and oxygen atoms in total. The van der Waals surface area contributed by atoms with Crippen molar-refractivity contribution in [2.75, 3.05) is 10.6 Å². The fourth-order valence-corrected chi connectivity index (χ4v) is 4.58. The molecule has 5 N–H and O–H groups in total. The van der Waals surface area contributed by atoms with Gasteiger partial charge in [-0.05, 0) is 88.5 Å². The highest BCUT2D eigenvalue weighted by atomic mass is 19.4. The first kappa shape index (κ1) is 36.3. The maximum atomic E-state index is 13.7. The normalized spacial score (nSPS) is 12.7. The Balaban J connectivity index is 1.57. The number of benzene rings is 2. The van der Waals surface area contributed by atoms with E-state index in [2.05, 4.69) is 25.3 Å². The second kappa shape index (κ2) is 13.9. The summed E-state index contributed by atoms with van der Waals surface area (Å²) in [5.74, 6) is -3.18. The third-order valence-corrected chi connectivity index (χ3v) is 6.58. The minimum absolute atomic E-state index is 0.00185. The van der Waals surface area contributed by atoms with Crippen LogP contribution < -0.4 is 31.2 Å². The van der Waals surface area contributed by atoms with Gasteiger partial charge in [0.2, 0.25) is 5.52 Å². The minimum Gasteiger partial charge on any atom is -0.488 e. The molecule has 0 bridgehead atoms. The molecule has 0 saturated heterocycles. The number of amides is 2. The summed E-state index contributed by atoms with van der Waals surface area (Å²) in [6, 6.07) is 10.6. The van der Waals surface area contributed by atoms with Crippen LogP contribution in [0.2, 0.25) is 0 Å². The lowest BCUT2D eigenvalue weighted by Gasteiger charge is -2.25. The Kier molecular flexibility index (Phi) is 10.3. The molecule has 2 amide bonds. The van der Waals surface area contributed by atoms with Crippen LogP contribution in [0.1, 0.15) is 63.2 Å². The standard InChI is InChI=1S/C33H36F3N7O6/c1-31(2,3)48-22-13-7-18(8-14-22)15-23(28(46)49-32(4,5)6)40-26(44)19-9-11-21(12-10-19)43(29(47)33(34,35)36)17-20-16-38-25-24(39-20)27(45)42-30(37)41-25/h7-14,16,23H,15,17H2,1-6H3,(H,40,44)(H3,37,38,41,42,45)/p+1/t23-/m0/s1. The number of nitrogen functional groups attached to an aromatic ring is 1. The first-order chi connectivity index (χ1) is 22.7. The van der Waals surface area contributed by atoms with Crippen LogP contribution in [0.25, 0.3) is 11.2 Å². The van der Waals surface area contributed by atoms with Gasteiger partial charge in [-0.2, -0.15) is 13.2 Å². The maximum Gasteiger partial charge on any atom is 0.471 e. The van der Waals surface area contributed by atoms with Crippen LogP contribution in [-0.4, -0.2) is 56.2 Å². The molecule has 2 aromatic heterocycles. The molecule has 4 aromatic rings. The largest absolute Gasteiger partial charge is 0.488 e. The zero-order chi connectivity index (χ0) is 36.3. The summed E-state index contributed by atoms with van der Waals surface area (Å²) in [5, 5.41) is 2.65. The fourth-order valence-electron chi connectivity index (χ4n) is 4.58. The van der Waals surface area contributed by atoms with E-state index in [0.29, 0.717) is 16.2 Å². The van der Waals surface area contributed by atoms with Crippen LogP contribution in [0, 0.1) is 0 Å². The smallest absolute Gasteiger partial charge is 0.471 e. The van der Waals surface area contributed by atoms with E-state index in [0.717, 1.165) is 12.1 Å². The second-order valence-corrected chi connectivity index (χ2v) is 13.1. The predicted octanol–water partition coefficient (Wildman–Crippen LogP) is 3.67. The third-order valence-electron chi connectivity index (χ3n) is 6.58. The van der Waals surface area contributed by atoms with Crippen molar-refractivity contribution in [2.24, 2.45) is 0 Å². The number of ether oxygens (including phenoxy) is 2. The molecular formula is C33H37F3N7O6+. The molecule has 0 spiro atoms. The van der Waals surface area contributed by atoms with Gasteiger partial charge in [0.05, 0.1) is 6.54 Å². The van der Waals surface area contributed by atoms with Gasteiger partial charge < -0.3 is 20.5 Å². The molecule has 16 heteroatoms. The van der Waals surface area contributed by atoms with Gasteiger partial charge in [-0.3, -0.25) is 24.3 Å². The van der Waals surface area contributed by atoms with Crippen molar-refractivity contribution >= 4 is 40.6 Å². The minimum atomic E-state index is -5.26. The second-order valence-electron chi connectivity index (χ2n) is 13.1. The van der Waals surface area contributed by atoms with Gasteiger partial charge in [-0.15, -0.1) is 0 Å². The van der Waals surface area contributed by atoms with Gasteiger partial charge in [0.1, 0.15) is 34.9 Å². The molecule has 260 valence electrons. The molecule has 4 rings (SSSR count). The lowest BCUT2D eigenvalue weighted by molar-refractivity contribution is -0.349. The van der Waals surface area contributed by atoms with E-state index in [-0.39, 0.29) is 40.5 Å². The van der Waals surface area contributed by atoms with Crippen LogP contribution in [0.5, 0.6) is 5.75 Å². The van der Waals surface area contributed by atoms with E-state index in [1.807, 2.05) is 20.8 Å². The number of nitrogens with one attached hydrogen (secondary N) is 3. The van der Waals surface area contributed by atoms with E-state index in [9.17, 15) is 32.3 Å². The molecule has 0 fully saturated rings. The van der Waals surface area contributed by atoms with Crippen LogP contribution in [-0.2, 0) is 27.3 Å². The van der Waals surface area contributed by atoms with Gasteiger partial charge in [-0.25, -0.2) is 14.8 Å². The number of aromatic nitrogens is 4. The molecule has 0 aliphatic rings. The number of hydrogen-bond acceptors (Lipinski definition) is 9. The summed E-state index contributed by atoms with van der Waals surface area (Å²) in [4.78, 5) is 64.4. The zero-order valence-electron chi connectivity index (χ0n) is 27.7. The molecule has 0 aliphatic carbocycles. The molecule has 0 unspecified atom stereocenters. The maximum absolute atomic E-state index is 13.7. The van der Waals surface area contributed by atoms with E-state index in [1.165, 1.54) is 18.3 Å². The number of alkyl halides is 3. The van der Waals surface area contributed by atoms with Gasteiger partial charge >= 0.3 is 29.6 Å². The summed E-state index contributed by atoms with van der Waals surface area (Å²) < 4.78 is 52.3. The zero-order valence-corrected chi connectivity index (χ0v) is 27.7. The van der Waals surface area contributed by atoms with Gasteiger partial charge in [0.15, 0.2) is 0 Å². The number of carbonyl (C=O) groups excluding carboxylic acids is 3. The summed E-state index contributed by atoms with van der Waals surface area (Å²) in [5.41, 5.74) is 3.66. The molecule has 0 radical (unpaired) electrons. The topological polar surface area (TPSA) is 184 Å². The lowest BCUT2D eigenvalue weighted by Crippen LogP contribution is -2.45. The average Bonchev–Trinajstić information content (AvgIpc) is 2.98. The Hall–Kier alpha value is -5.54. The van der Waals surface area contributed by atoms with Crippen molar-refractivity contribution in [1.82, 2.24) is 20.3 Å². The fraction of sp³-hybridized carbons (Fsp3) is 0.364. The number of hydrogen-bond donors (Lipinski definition) is 3. The average molecular weight is 685 g/mol. The number of nitrogens with two attached hydrogens (primary N) is 1. The van der Waals surface area contributed by atoms with Crippen LogP contribution in [0.3, 0.4) is 0 Å². The summed E-state index contributed by atoms with van der Waals surface area (Å²) in [6.45, 7) is 10.1. The molecule has 2 aromatic carbocycles. The highest BCUT2D eigenvalue weighted by Gasteiger charge is 2.43. The number of fused-ring (bicyclic) bond motifs is 1. The molecule has 0 aliphatic heterocycles. The summed E-state index contributed by atoms with van der Waals surface area (Å²) in [7, 11) is 0. The monoisotopic (exact) mass is 684 g/mol. The number of nitrogens with zero attached hydrogens (tertiary/aromatic N) is 3. The molecular weight excluding hydrogens is 647 g/mol. The number of H-pyrrole nitrogens is 2. The van der Waals surface area contributed by atoms with Crippen LogP contribution in [0.15, 0.2) is 59.5 Å². The van der Waals surface area contributed by atoms with Crippen molar-refractivity contribution in [3.8, 4) is 5.75 Å². The Morgan fingerprint density at radius 3 is 2.16 bits per heavy atom.